The third-order valence-corrected chi connectivity index (χ3v) is 10.4. The van der Waals surface area contributed by atoms with Crippen molar-refractivity contribution in [1.82, 2.24) is 34.5 Å². The van der Waals surface area contributed by atoms with Gasteiger partial charge >= 0.3 is 0 Å². The predicted octanol–water partition coefficient (Wildman–Crippen LogP) is 4.68. The van der Waals surface area contributed by atoms with Gasteiger partial charge in [-0.3, -0.25) is 14.7 Å². The second-order valence-electron chi connectivity index (χ2n) is 12.8. The molecule has 1 saturated heterocycles. The first-order valence-corrected chi connectivity index (χ1v) is 17.3. The van der Waals surface area contributed by atoms with E-state index in [4.69, 9.17) is 9.47 Å². The third kappa shape index (κ3) is 5.90. The topological polar surface area (TPSA) is 102 Å². The highest BCUT2D eigenvalue weighted by molar-refractivity contribution is 5.87. The van der Waals surface area contributed by atoms with E-state index in [9.17, 15) is 4.79 Å². The molecule has 0 bridgehead atoms. The van der Waals surface area contributed by atoms with Crippen molar-refractivity contribution in [3.63, 3.8) is 0 Å². The fourth-order valence-electron chi connectivity index (χ4n) is 8.10. The minimum absolute atomic E-state index is 0.0564. The number of rotatable bonds is 9. The molecule has 1 aromatic carbocycles. The summed E-state index contributed by atoms with van der Waals surface area (Å²) in [4.78, 5) is 34.5. The molecule has 1 spiro atoms. The van der Waals surface area contributed by atoms with E-state index in [1.165, 1.54) is 11.1 Å². The Morgan fingerprint density at radius 3 is 2.40 bits per heavy atom. The number of ether oxygens (including phenoxy) is 2. The van der Waals surface area contributed by atoms with Crippen LogP contribution in [0.3, 0.4) is 0 Å². The molecule has 11 heteroatoms. The predicted molar refractivity (Wildman–Crippen MR) is 181 cm³/mol. The molecular weight excluding hydrogens is 592 g/mol. The van der Waals surface area contributed by atoms with Crippen LogP contribution >= 0.6 is 0 Å². The van der Waals surface area contributed by atoms with Crippen LogP contribution in [0.25, 0.3) is 11.0 Å². The zero-order valence-corrected chi connectivity index (χ0v) is 27.9. The number of hydrogen-bond donors (Lipinski definition) is 0. The lowest BCUT2D eigenvalue weighted by atomic mass is 9.68. The molecule has 0 N–H and O–H groups in total. The summed E-state index contributed by atoms with van der Waals surface area (Å²) < 4.78 is 13.9. The van der Waals surface area contributed by atoms with E-state index >= 15 is 0 Å². The highest BCUT2D eigenvalue weighted by Gasteiger charge is 2.46. The van der Waals surface area contributed by atoms with E-state index in [0.29, 0.717) is 38.8 Å². The van der Waals surface area contributed by atoms with E-state index in [2.05, 4.69) is 53.8 Å². The maximum atomic E-state index is 13.9. The van der Waals surface area contributed by atoms with Gasteiger partial charge in [-0.05, 0) is 87.9 Å². The second-order valence-corrected chi connectivity index (χ2v) is 12.8. The second kappa shape index (κ2) is 13.5. The number of carbonyl (C=O) groups is 1. The van der Waals surface area contributed by atoms with E-state index in [0.717, 1.165) is 92.3 Å². The standard InChI is InChI=1S/C36H46N8O3/c1-4-43-16-12-27-21-31(46-5-2)32(47-6-3)22-30(27)36(43)13-10-26(11-14-36)35(45)42-19-17-41(18-20-42)33-29-23-40-44(34(29)39-25-38-33)24-28-9-7-8-15-37-28/h7-9,15,21-23,25-26H,4-6,10-14,16-20,24H2,1-3H3/t26-,36+. The van der Waals surface area contributed by atoms with E-state index < -0.39 is 0 Å². The van der Waals surface area contributed by atoms with Crippen molar-refractivity contribution >= 4 is 22.8 Å². The minimum atomic E-state index is -0.0617. The lowest BCUT2D eigenvalue weighted by Gasteiger charge is -2.52. The Kier molecular flexibility index (Phi) is 8.98. The molecule has 0 unspecified atom stereocenters. The average Bonchev–Trinajstić information content (AvgIpc) is 3.52. The Morgan fingerprint density at radius 2 is 1.70 bits per heavy atom. The minimum Gasteiger partial charge on any atom is -0.490 e. The lowest BCUT2D eigenvalue weighted by Crippen LogP contribution is -2.54. The summed E-state index contributed by atoms with van der Waals surface area (Å²) in [5.74, 6) is 2.92. The number of nitrogens with zero attached hydrogens (tertiary/aromatic N) is 8. The molecule has 1 saturated carbocycles. The number of hydrogen-bond acceptors (Lipinski definition) is 9. The van der Waals surface area contributed by atoms with Gasteiger partial charge < -0.3 is 19.3 Å². The number of likely N-dealkylation sites (N-methyl/N-ethyl adjacent to an activating group) is 1. The molecule has 4 aromatic rings. The number of amides is 1. The van der Waals surface area contributed by atoms with E-state index in [1.807, 2.05) is 42.9 Å². The zero-order valence-electron chi connectivity index (χ0n) is 27.9. The number of benzene rings is 1. The van der Waals surface area contributed by atoms with Crippen molar-refractivity contribution in [2.75, 3.05) is 57.4 Å². The molecule has 0 atom stereocenters. The van der Waals surface area contributed by atoms with Crippen molar-refractivity contribution in [2.24, 2.45) is 5.92 Å². The maximum absolute atomic E-state index is 13.9. The first-order valence-electron chi connectivity index (χ1n) is 17.3. The first-order chi connectivity index (χ1) is 23.0. The quantitative estimate of drug-likeness (QED) is 0.259. The van der Waals surface area contributed by atoms with Gasteiger partial charge in [0.1, 0.15) is 12.1 Å². The van der Waals surface area contributed by atoms with Crippen LogP contribution in [-0.4, -0.2) is 92.9 Å². The lowest BCUT2D eigenvalue weighted by molar-refractivity contribution is -0.138. The van der Waals surface area contributed by atoms with Gasteiger partial charge in [0.15, 0.2) is 17.1 Å². The summed E-state index contributed by atoms with van der Waals surface area (Å²) in [6.07, 6.45) is 10.0. The normalized spacial score (nSPS) is 21.6. The molecule has 5 heterocycles. The van der Waals surface area contributed by atoms with Crippen LogP contribution in [0.5, 0.6) is 11.5 Å². The van der Waals surface area contributed by atoms with Crippen LogP contribution < -0.4 is 14.4 Å². The van der Waals surface area contributed by atoms with Crippen LogP contribution in [0.15, 0.2) is 49.1 Å². The van der Waals surface area contributed by atoms with Crippen molar-refractivity contribution in [3.8, 4) is 11.5 Å². The first kappa shape index (κ1) is 31.4. The maximum Gasteiger partial charge on any atom is 0.225 e. The number of carbonyl (C=O) groups excluding carboxylic acids is 1. The smallest absolute Gasteiger partial charge is 0.225 e. The third-order valence-electron chi connectivity index (χ3n) is 10.4. The Morgan fingerprint density at radius 1 is 0.936 bits per heavy atom. The van der Waals surface area contributed by atoms with Gasteiger partial charge in [-0.2, -0.15) is 5.10 Å². The largest absolute Gasteiger partial charge is 0.490 e. The summed E-state index contributed by atoms with van der Waals surface area (Å²) in [6.45, 7) is 12.9. The average molecular weight is 639 g/mol. The SMILES string of the molecule is CCOc1cc2c(cc1OCC)[C@]1(CC[C@H](C(=O)N3CCN(c4ncnc5c4cnn5Cc4ccccn4)CC3)CC1)N(CC)CC2. The molecule has 2 aliphatic heterocycles. The van der Waals surface area contributed by atoms with Gasteiger partial charge in [-0.15, -0.1) is 0 Å². The molecule has 3 aromatic heterocycles. The summed E-state index contributed by atoms with van der Waals surface area (Å²) in [5, 5.41) is 5.53. The highest BCUT2D eigenvalue weighted by Crippen LogP contribution is 2.50. The molecule has 3 aliphatic rings. The molecule has 11 nitrogen and oxygen atoms in total. The molecule has 0 radical (unpaired) electrons. The summed E-state index contributed by atoms with van der Waals surface area (Å²) in [5.41, 5.74) is 4.40. The monoisotopic (exact) mass is 638 g/mol. The molecule has 2 fully saturated rings. The van der Waals surface area contributed by atoms with Crippen LogP contribution in [-0.2, 0) is 23.3 Å². The Balaban J connectivity index is 1.02. The molecule has 1 aliphatic carbocycles. The van der Waals surface area contributed by atoms with Crippen LogP contribution in [0.2, 0.25) is 0 Å². The number of piperazine rings is 1. The van der Waals surface area contributed by atoms with Gasteiger partial charge in [0.05, 0.1) is 37.0 Å². The number of pyridine rings is 1. The van der Waals surface area contributed by atoms with E-state index in [1.54, 1.807) is 12.5 Å². The Hall–Kier alpha value is -4.25. The van der Waals surface area contributed by atoms with Gasteiger partial charge in [0, 0.05) is 50.4 Å². The summed E-state index contributed by atoms with van der Waals surface area (Å²) in [6, 6.07) is 10.3. The van der Waals surface area contributed by atoms with Crippen LogP contribution in [0.1, 0.15) is 63.3 Å². The van der Waals surface area contributed by atoms with E-state index in [-0.39, 0.29) is 11.5 Å². The van der Waals surface area contributed by atoms with Crippen LogP contribution in [0.4, 0.5) is 5.82 Å². The fourth-order valence-corrected chi connectivity index (χ4v) is 8.10. The summed E-state index contributed by atoms with van der Waals surface area (Å²) >= 11 is 0. The summed E-state index contributed by atoms with van der Waals surface area (Å²) in [7, 11) is 0. The fraction of sp³-hybridized carbons (Fsp3) is 0.528. The molecule has 248 valence electrons. The Bertz CT molecular complexity index is 1690. The van der Waals surface area contributed by atoms with Crippen molar-refractivity contribution < 1.29 is 14.3 Å². The van der Waals surface area contributed by atoms with Crippen molar-refractivity contribution in [1.29, 1.82) is 0 Å². The van der Waals surface area contributed by atoms with Gasteiger partial charge in [0.2, 0.25) is 5.91 Å². The number of fused-ring (bicyclic) bond motifs is 3. The number of anilines is 1. The van der Waals surface area contributed by atoms with Crippen LogP contribution in [0, 0.1) is 5.92 Å². The van der Waals surface area contributed by atoms with Gasteiger partial charge in [0.25, 0.3) is 0 Å². The Labute approximate surface area is 276 Å². The number of aromatic nitrogens is 5. The van der Waals surface area contributed by atoms with Crippen molar-refractivity contribution in [3.05, 3.63) is 65.9 Å². The zero-order chi connectivity index (χ0) is 32.4. The highest BCUT2D eigenvalue weighted by atomic mass is 16.5. The molecular formula is C36H46N8O3. The molecule has 47 heavy (non-hydrogen) atoms. The molecule has 7 rings (SSSR count). The van der Waals surface area contributed by atoms with Gasteiger partial charge in [-0.25, -0.2) is 14.6 Å². The van der Waals surface area contributed by atoms with Crippen molar-refractivity contribution in [2.45, 2.75) is 65.0 Å². The molecule has 1 amide bonds. The van der Waals surface area contributed by atoms with Gasteiger partial charge in [-0.1, -0.05) is 13.0 Å².